The van der Waals surface area contributed by atoms with Crippen molar-refractivity contribution in [3.63, 3.8) is 0 Å². The predicted molar refractivity (Wildman–Crippen MR) is 282 cm³/mol. The Labute approximate surface area is 395 Å². The number of halogens is 2. The Kier molecular flexibility index (Phi) is 13.0. The molecule has 0 spiro atoms. The third kappa shape index (κ3) is 7.41. The Hall–Kier alpha value is -3.52. The average Bonchev–Trinajstić information content (AvgIpc) is 4.01. The summed E-state index contributed by atoms with van der Waals surface area (Å²) in [6.07, 6.45) is 13.6. The summed E-state index contributed by atoms with van der Waals surface area (Å²) in [4.78, 5) is 0. The molecule has 1 aliphatic heterocycles. The first-order valence-electron chi connectivity index (χ1n) is 24.6. The van der Waals surface area contributed by atoms with Crippen molar-refractivity contribution in [3.05, 3.63) is 171 Å². The summed E-state index contributed by atoms with van der Waals surface area (Å²) in [7, 11) is 18.3. The fourth-order valence-electron chi connectivity index (χ4n) is 12.3. The molecule has 0 aromatic heterocycles. The molecule has 0 saturated heterocycles. The summed E-state index contributed by atoms with van der Waals surface area (Å²) in [5.41, 5.74) is 22.2. The third-order valence-corrected chi connectivity index (χ3v) is 38.1. The molecule has 3 aliphatic rings. The zero-order valence-corrected chi connectivity index (χ0v) is 44.9. The van der Waals surface area contributed by atoms with Crippen molar-refractivity contribution in [1.29, 1.82) is 0 Å². The molecule has 2 aliphatic carbocycles. The second kappa shape index (κ2) is 18.3. The van der Waals surface area contributed by atoms with Crippen LogP contribution < -0.4 is 13.6 Å². The van der Waals surface area contributed by atoms with Crippen LogP contribution in [0.2, 0.25) is 0 Å². The van der Waals surface area contributed by atoms with Gasteiger partial charge in [0.05, 0.1) is 0 Å². The molecule has 2 atom stereocenters. The van der Waals surface area contributed by atoms with Crippen LogP contribution >= 0.6 is 17.0 Å². The van der Waals surface area contributed by atoms with Gasteiger partial charge in [-0.15, -0.1) is 0 Å². The van der Waals surface area contributed by atoms with Gasteiger partial charge in [0.15, 0.2) is 0 Å². The van der Waals surface area contributed by atoms with Crippen molar-refractivity contribution in [3.8, 4) is 33.4 Å². The minimum atomic E-state index is -5.73. The van der Waals surface area contributed by atoms with Crippen molar-refractivity contribution in [2.75, 3.05) is 0 Å². The third-order valence-electron chi connectivity index (χ3n) is 15.3. The van der Waals surface area contributed by atoms with Crippen LogP contribution in [0.4, 0.5) is 0 Å². The molecule has 9 rings (SSSR count). The van der Waals surface area contributed by atoms with E-state index in [0.29, 0.717) is 11.8 Å². The van der Waals surface area contributed by atoms with Crippen LogP contribution in [0.25, 0.3) is 45.5 Å². The molecule has 64 heavy (non-hydrogen) atoms. The summed E-state index contributed by atoms with van der Waals surface area (Å²) in [6, 6.07) is 44.5. The van der Waals surface area contributed by atoms with Crippen LogP contribution in [0.15, 0.2) is 126 Å². The average molecular weight is 978 g/mol. The predicted octanol–water partition coefficient (Wildman–Crippen LogP) is 15.8. The molecule has 0 fully saturated rings. The minimum absolute atomic E-state index is 0.0820. The van der Waals surface area contributed by atoms with Crippen LogP contribution in [-0.4, -0.2) is 9.52 Å². The molecular formula is C60H67Cl2SiZr. The van der Waals surface area contributed by atoms with Gasteiger partial charge >= 0.3 is 399 Å². The molecule has 0 bridgehead atoms. The maximum absolute atomic E-state index is 9.60. The van der Waals surface area contributed by atoms with Gasteiger partial charge < -0.3 is 0 Å². The number of rotatable bonds is 15. The van der Waals surface area contributed by atoms with Gasteiger partial charge in [-0.1, -0.05) is 0 Å². The fraction of sp³-hybridized carbons (Fsp3) is 0.333. The van der Waals surface area contributed by atoms with Gasteiger partial charge in [0.25, 0.3) is 0 Å². The summed E-state index contributed by atoms with van der Waals surface area (Å²) >= 11 is -5.73. The van der Waals surface area contributed by atoms with E-state index in [0.717, 1.165) is 51.4 Å². The van der Waals surface area contributed by atoms with Gasteiger partial charge in [0.1, 0.15) is 0 Å². The molecule has 6 aromatic carbocycles. The van der Waals surface area contributed by atoms with Crippen LogP contribution in [0.5, 0.6) is 0 Å². The van der Waals surface area contributed by atoms with Crippen LogP contribution in [0, 0.1) is 0 Å². The van der Waals surface area contributed by atoms with E-state index in [1.807, 2.05) is 0 Å². The van der Waals surface area contributed by atoms with Gasteiger partial charge in [-0.05, 0) is 0 Å². The summed E-state index contributed by atoms with van der Waals surface area (Å²) in [6.45, 7) is 18.7. The van der Waals surface area contributed by atoms with E-state index in [2.05, 4.69) is 183 Å². The standard InChI is InChI=1S/2C24H29.C12H9Si.2ClH.Zr/c2*1-5-7-10-18-15-20-13-14-21(17(3)4)24(23(20)16-18)22-12-9-8-11-19(22)6-2;1-3-7-11-9(5-1)10-6-2-4-8-12(10)13-11;;;/h2*8-9,11-17H,5-7,10H2,1-4H3;1-7H,13H2;2*1H;/q;;;;;+2/p-2. The second-order valence-electron chi connectivity index (χ2n) is 19.7. The number of allylic oxidation sites excluding steroid dienone is 2. The fourth-order valence-corrected chi connectivity index (χ4v) is 40.3. The van der Waals surface area contributed by atoms with Gasteiger partial charge in [-0.2, -0.15) is 0 Å². The molecule has 1 heterocycles. The first kappa shape index (κ1) is 45.6. The van der Waals surface area contributed by atoms with Crippen LogP contribution in [0.1, 0.15) is 158 Å². The van der Waals surface area contributed by atoms with Gasteiger partial charge in [0, 0.05) is 0 Å². The van der Waals surface area contributed by atoms with Crippen molar-refractivity contribution < 1.29 is 16.4 Å². The first-order valence-corrected chi connectivity index (χ1v) is 36.5. The van der Waals surface area contributed by atoms with Crippen molar-refractivity contribution in [1.82, 2.24) is 0 Å². The van der Waals surface area contributed by atoms with E-state index in [9.17, 15) is 17.0 Å². The Bertz CT molecular complexity index is 2680. The molecule has 0 nitrogen and oxygen atoms in total. The summed E-state index contributed by atoms with van der Waals surface area (Å²) < 4.78 is 1.17. The summed E-state index contributed by atoms with van der Waals surface area (Å²) in [5.74, 6) is 0.718. The Morgan fingerprint density at radius 3 is 1.44 bits per heavy atom. The van der Waals surface area contributed by atoms with Gasteiger partial charge in [-0.25, -0.2) is 0 Å². The zero-order valence-electron chi connectivity index (χ0n) is 39.6. The van der Waals surface area contributed by atoms with E-state index in [4.69, 9.17) is 0 Å². The van der Waals surface area contributed by atoms with Gasteiger partial charge in [-0.3, -0.25) is 0 Å². The topological polar surface area (TPSA) is 0 Å². The van der Waals surface area contributed by atoms with E-state index in [-0.39, 0.29) is 7.25 Å². The van der Waals surface area contributed by atoms with E-state index in [1.165, 1.54) is 103 Å². The van der Waals surface area contributed by atoms with Crippen LogP contribution in [0.3, 0.4) is 0 Å². The van der Waals surface area contributed by atoms with Crippen LogP contribution in [-0.2, 0) is 29.2 Å². The Morgan fingerprint density at radius 1 is 0.516 bits per heavy atom. The summed E-state index contributed by atoms with van der Waals surface area (Å²) in [5, 5.41) is 3.01. The number of benzene rings is 6. The molecule has 329 valence electrons. The Balaban J connectivity index is 1.42. The number of hydrogen-bond acceptors (Lipinski definition) is 0. The number of hydrogen-bond donors (Lipinski definition) is 0. The van der Waals surface area contributed by atoms with Gasteiger partial charge in [0.2, 0.25) is 0 Å². The van der Waals surface area contributed by atoms with Crippen molar-refractivity contribution in [2.24, 2.45) is 0 Å². The van der Waals surface area contributed by atoms with Crippen molar-refractivity contribution >= 4 is 52.3 Å². The molecule has 0 N–H and O–H groups in total. The number of unbranched alkanes of at least 4 members (excludes halogenated alkanes) is 2. The molecule has 0 radical (unpaired) electrons. The SMILES string of the molecule is CCCCC1=Cc2c(ccc(C(C)C)c2-c2ccccc2CC)[CH]1[Zr]([Cl])([Cl])([c]1cccc2c1[SiH2]c1ccccc1-2)[CH]1C(CCCC)=Cc2c1ccc(C(C)C)c2-c1ccccc1CC. The first-order chi connectivity index (χ1) is 31.0. The molecule has 2 unspecified atom stereocenters. The number of fused-ring (bicyclic) bond motifs is 5. The molecule has 0 amide bonds. The molecule has 4 heteroatoms. The van der Waals surface area contributed by atoms with E-state index < -0.39 is 25.9 Å². The quantitative estimate of drug-likeness (QED) is 0.0898. The maximum atomic E-state index is 9.60. The Morgan fingerprint density at radius 2 is 0.969 bits per heavy atom. The monoisotopic (exact) mass is 975 g/mol. The van der Waals surface area contributed by atoms with E-state index in [1.54, 1.807) is 0 Å². The second-order valence-corrected chi connectivity index (χ2v) is 42.2. The zero-order chi connectivity index (χ0) is 44.9. The number of aryl methyl sites for hydroxylation is 2. The molecule has 6 aromatic rings. The van der Waals surface area contributed by atoms with E-state index >= 15 is 0 Å². The molecular weight excluding hydrogens is 911 g/mol. The molecule has 0 saturated carbocycles. The van der Waals surface area contributed by atoms with Crippen molar-refractivity contribution in [2.45, 2.75) is 126 Å². The normalized spacial score (nSPS) is 17.3.